The van der Waals surface area contributed by atoms with E-state index in [0.717, 1.165) is 10.7 Å². The second-order valence-corrected chi connectivity index (χ2v) is 8.76. The molecule has 0 radical (unpaired) electrons. The van der Waals surface area contributed by atoms with Gasteiger partial charge in [0.05, 0.1) is 32.1 Å². The Labute approximate surface area is 154 Å². The molecular weight excluding hydrogens is 387 g/mol. The minimum atomic E-state index is -3.43. The average molecular weight is 399 g/mol. The minimum Gasteiger partial charge on any atom is -0.254 e. The number of pyridine rings is 1. The standard InChI is InChI=1S/C16H12Cl2N2O2S2/c1-2-24(21,22)13-7-6-10(14(17)15(13)18)12-9-23-16(20-12)11-5-3-4-8-19-11/h3-9H,2H2,1H3. The molecule has 4 nitrogen and oxygen atoms in total. The van der Waals surface area contributed by atoms with Crippen LogP contribution in [-0.2, 0) is 9.84 Å². The topological polar surface area (TPSA) is 59.9 Å². The number of thiazole rings is 1. The predicted molar refractivity (Wildman–Crippen MR) is 98.5 cm³/mol. The highest BCUT2D eigenvalue weighted by Gasteiger charge is 2.21. The van der Waals surface area contributed by atoms with Gasteiger partial charge in [0.1, 0.15) is 5.01 Å². The highest BCUT2D eigenvalue weighted by atomic mass is 35.5. The van der Waals surface area contributed by atoms with E-state index in [9.17, 15) is 8.42 Å². The molecule has 3 aromatic rings. The van der Waals surface area contributed by atoms with E-state index in [1.807, 2.05) is 23.6 Å². The van der Waals surface area contributed by atoms with E-state index >= 15 is 0 Å². The van der Waals surface area contributed by atoms with E-state index in [4.69, 9.17) is 23.2 Å². The van der Waals surface area contributed by atoms with Crippen LogP contribution < -0.4 is 0 Å². The Morgan fingerprint density at radius 1 is 1.08 bits per heavy atom. The molecule has 0 saturated heterocycles. The molecule has 0 unspecified atom stereocenters. The zero-order valence-electron chi connectivity index (χ0n) is 12.5. The number of nitrogens with zero attached hydrogens (tertiary/aromatic N) is 2. The summed E-state index contributed by atoms with van der Waals surface area (Å²) in [7, 11) is -3.43. The predicted octanol–water partition coefficient (Wildman–Crippen LogP) is 4.97. The minimum absolute atomic E-state index is 0.0309. The van der Waals surface area contributed by atoms with Crippen LogP contribution in [0, 0.1) is 0 Å². The molecule has 0 atom stereocenters. The van der Waals surface area contributed by atoms with E-state index in [0.29, 0.717) is 11.3 Å². The first-order valence-corrected chi connectivity index (χ1v) is 10.3. The molecule has 0 saturated carbocycles. The average Bonchev–Trinajstić information content (AvgIpc) is 3.07. The maximum absolute atomic E-state index is 12.0. The Kier molecular flexibility index (Phi) is 4.92. The number of hydrogen-bond donors (Lipinski definition) is 0. The zero-order chi connectivity index (χ0) is 17.3. The maximum Gasteiger partial charge on any atom is 0.179 e. The van der Waals surface area contributed by atoms with Gasteiger partial charge in [-0.2, -0.15) is 0 Å². The summed E-state index contributed by atoms with van der Waals surface area (Å²) >= 11 is 13.9. The normalized spacial score (nSPS) is 11.6. The monoisotopic (exact) mass is 398 g/mol. The van der Waals surface area contributed by atoms with Crippen LogP contribution in [0.5, 0.6) is 0 Å². The Morgan fingerprint density at radius 3 is 2.54 bits per heavy atom. The van der Waals surface area contributed by atoms with Crippen molar-refractivity contribution >= 4 is 44.4 Å². The smallest absolute Gasteiger partial charge is 0.179 e. The van der Waals surface area contributed by atoms with E-state index in [1.165, 1.54) is 17.4 Å². The van der Waals surface area contributed by atoms with Crippen molar-refractivity contribution in [1.82, 2.24) is 9.97 Å². The van der Waals surface area contributed by atoms with E-state index in [2.05, 4.69) is 9.97 Å². The largest absolute Gasteiger partial charge is 0.254 e. The molecule has 124 valence electrons. The van der Waals surface area contributed by atoms with Gasteiger partial charge in [-0.05, 0) is 24.3 Å². The third-order valence-corrected chi connectivity index (χ3v) is 7.06. The van der Waals surface area contributed by atoms with Crippen molar-refractivity contribution in [3.8, 4) is 22.0 Å². The lowest BCUT2D eigenvalue weighted by atomic mass is 10.2. The Hall–Kier alpha value is -1.47. The third-order valence-electron chi connectivity index (χ3n) is 3.43. The van der Waals surface area contributed by atoms with Gasteiger partial charge in [-0.15, -0.1) is 11.3 Å². The van der Waals surface area contributed by atoms with Crippen LogP contribution in [0.1, 0.15) is 6.92 Å². The number of aromatic nitrogens is 2. The lowest BCUT2D eigenvalue weighted by molar-refractivity contribution is 0.597. The molecule has 3 rings (SSSR count). The van der Waals surface area contributed by atoms with Crippen molar-refractivity contribution in [1.29, 1.82) is 0 Å². The number of hydrogen-bond acceptors (Lipinski definition) is 5. The van der Waals surface area contributed by atoms with E-state index in [-0.39, 0.29) is 20.7 Å². The highest BCUT2D eigenvalue weighted by molar-refractivity contribution is 7.91. The summed E-state index contributed by atoms with van der Waals surface area (Å²) in [4.78, 5) is 8.83. The van der Waals surface area contributed by atoms with Crippen LogP contribution in [0.4, 0.5) is 0 Å². The molecule has 8 heteroatoms. The number of rotatable bonds is 4. The van der Waals surface area contributed by atoms with Gasteiger partial charge in [0.25, 0.3) is 0 Å². The van der Waals surface area contributed by atoms with Crippen molar-refractivity contribution in [2.45, 2.75) is 11.8 Å². The summed E-state index contributed by atoms with van der Waals surface area (Å²) in [6.45, 7) is 1.56. The fourth-order valence-electron chi connectivity index (χ4n) is 2.13. The lowest BCUT2D eigenvalue weighted by Crippen LogP contribution is -2.04. The zero-order valence-corrected chi connectivity index (χ0v) is 15.7. The molecule has 0 bridgehead atoms. The molecule has 24 heavy (non-hydrogen) atoms. The van der Waals surface area contributed by atoms with Gasteiger partial charge in [0.15, 0.2) is 9.84 Å². The summed E-state index contributed by atoms with van der Waals surface area (Å²) in [5.41, 5.74) is 1.99. The summed E-state index contributed by atoms with van der Waals surface area (Å²) in [5.74, 6) is -0.0388. The van der Waals surface area contributed by atoms with Crippen LogP contribution in [0.2, 0.25) is 10.0 Å². The molecule has 0 fully saturated rings. The van der Waals surface area contributed by atoms with Crippen molar-refractivity contribution in [3.05, 3.63) is 52.0 Å². The lowest BCUT2D eigenvalue weighted by Gasteiger charge is -2.09. The number of benzene rings is 1. The van der Waals surface area contributed by atoms with E-state index in [1.54, 1.807) is 19.2 Å². The summed E-state index contributed by atoms with van der Waals surface area (Å²) in [6.07, 6.45) is 1.70. The van der Waals surface area contributed by atoms with E-state index < -0.39 is 9.84 Å². The molecular formula is C16H12Cl2N2O2S2. The number of halogens is 2. The molecule has 2 aromatic heterocycles. The SMILES string of the molecule is CCS(=O)(=O)c1ccc(-c2csc(-c3ccccn3)n2)c(Cl)c1Cl. The second-order valence-electron chi connectivity index (χ2n) is 4.90. The quantitative estimate of drug-likeness (QED) is 0.621. The maximum atomic E-state index is 12.0. The Morgan fingerprint density at radius 2 is 1.88 bits per heavy atom. The molecule has 2 heterocycles. The van der Waals surface area contributed by atoms with Crippen molar-refractivity contribution in [3.63, 3.8) is 0 Å². The first-order chi connectivity index (χ1) is 11.4. The van der Waals surface area contributed by atoms with Crippen LogP contribution in [0.15, 0.2) is 46.8 Å². The van der Waals surface area contributed by atoms with Gasteiger partial charge in [-0.25, -0.2) is 13.4 Å². The first kappa shape index (κ1) is 17.4. The Balaban J connectivity index is 2.06. The van der Waals surface area contributed by atoms with Crippen LogP contribution in [0.3, 0.4) is 0 Å². The second kappa shape index (κ2) is 6.80. The van der Waals surface area contributed by atoms with Crippen LogP contribution in [0.25, 0.3) is 22.0 Å². The molecule has 0 spiro atoms. The fourth-order valence-corrected chi connectivity index (χ4v) is 4.72. The molecule has 1 aromatic carbocycles. The molecule has 0 aliphatic rings. The summed E-state index contributed by atoms with van der Waals surface area (Å²) in [5, 5.41) is 2.81. The fraction of sp³-hybridized carbons (Fsp3) is 0.125. The molecule has 0 aliphatic carbocycles. The molecule has 0 amide bonds. The van der Waals surface area contributed by atoms with Gasteiger partial charge in [0.2, 0.25) is 0 Å². The van der Waals surface area contributed by atoms with Gasteiger partial charge < -0.3 is 0 Å². The van der Waals surface area contributed by atoms with Crippen molar-refractivity contribution in [2.75, 3.05) is 5.75 Å². The molecule has 0 aliphatic heterocycles. The van der Waals surface area contributed by atoms with Crippen molar-refractivity contribution < 1.29 is 8.42 Å². The highest BCUT2D eigenvalue weighted by Crippen LogP contribution is 2.39. The Bertz CT molecular complexity index is 987. The van der Waals surface area contributed by atoms with Gasteiger partial charge >= 0.3 is 0 Å². The van der Waals surface area contributed by atoms with Gasteiger partial charge in [-0.3, -0.25) is 4.98 Å². The van der Waals surface area contributed by atoms with Crippen LogP contribution >= 0.6 is 34.5 Å². The van der Waals surface area contributed by atoms with Gasteiger partial charge in [-0.1, -0.05) is 36.2 Å². The van der Waals surface area contributed by atoms with Crippen molar-refractivity contribution in [2.24, 2.45) is 0 Å². The summed E-state index contributed by atoms with van der Waals surface area (Å²) < 4.78 is 24.1. The van der Waals surface area contributed by atoms with Crippen LogP contribution in [-0.4, -0.2) is 24.1 Å². The summed E-state index contributed by atoms with van der Waals surface area (Å²) in [6, 6.07) is 8.70. The first-order valence-electron chi connectivity index (χ1n) is 7.02. The number of sulfone groups is 1. The van der Waals surface area contributed by atoms with Gasteiger partial charge in [0, 0.05) is 17.1 Å². The molecule has 0 N–H and O–H groups in total. The third kappa shape index (κ3) is 3.19.